The summed E-state index contributed by atoms with van der Waals surface area (Å²) in [5.41, 5.74) is 0. The third-order valence-corrected chi connectivity index (χ3v) is 5.62. The van der Waals surface area contributed by atoms with Gasteiger partial charge in [-0.2, -0.15) is 0 Å². The molecule has 1 heterocycles. The quantitative estimate of drug-likeness (QED) is 0.391. The number of hydrogen-bond donors (Lipinski definition) is 3. The van der Waals surface area contributed by atoms with E-state index < -0.39 is 12.1 Å². The van der Waals surface area contributed by atoms with Crippen LogP contribution in [-0.4, -0.2) is 45.7 Å². The maximum atomic E-state index is 10.6. The van der Waals surface area contributed by atoms with E-state index in [0.29, 0.717) is 18.8 Å². The first-order valence-corrected chi connectivity index (χ1v) is 9.93. The molecule has 5 heteroatoms. The molecule has 2 rings (SSSR count). The molecule has 0 unspecified atom stereocenters. The molecule has 0 amide bonds. The third kappa shape index (κ3) is 6.39. The fourth-order valence-electron chi connectivity index (χ4n) is 4.24. The monoisotopic (exact) mass is 354 g/mol. The summed E-state index contributed by atoms with van der Waals surface area (Å²) in [5, 5.41) is 29.0. The Balaban J connectivity index is 1.76. The van der Waals surface area contributed by atoms with Gasteiger partial charge in [-0.05, 0) is 31.6 Å². The standard InChI is InChI=1S/C20H34O5/c1-2-3-4-7-14(21)10-11-16-17-12-15(8-5-6-9-20(23)24)25-19(17)13-18(16)22/h10-11,14-19,21-22H,2-9,12-13H2,1H3,(H,23,24)/b11-10-/t14-,15-,16+,17+,18+,19-/m0/s1. The molecular weight excluding hydrogens is 320 g/mol. The molecular formula is C20H34O5. The molecule has 25 heavy (non-hydrogen) atoms. The Morgan fingerprint density at radius 1 is 1.24 bits per heavy atom. The smallest absolute Gasteiger partial charge is 0.303 e. The predicted molar refractivity (Wildman–Crippen MR) is 96.3 cm³/mol. The number of carboxylic acids is 1. The zero-order chi connectivity index (χ0) is 18.2. The van der Waals surface area contributed by atoms with E-state index in [1.807, 2.05) is 12.2 Å². The minimum atomic E-state index is -0.741. The van der Waals surface area contributed by atoms with E-state index in [-0.39, 0.29) is 30.7 Å². The molecule has 0 aromatic rings. The van der Waals surface area contributed by atoms with E-state index in [1.165, 1.54) is 0 Å². The summed E-state index contributed by atoms with van der Waals surface area (Å²) in [5.74, 6) is -0.358. The van der Waals surface area contributed by atoms with Gasteiger partial charge in [0.15, 0.2) is 0 Å². The molecule has 2 fully saturated rings. The Labute approximate surface area is 151 Å². The fraction of sp³-hybridized carbons (Fsp3) is 0.850. The Morgan fingerprint density at radius 3 is 2.76 bits per heavy atom. The van der Waals surface area contributed by atoms with Crippen LogP contribution in [0.1, 0.15) is 71.1 Å². The number of ether oxygens (including phenoxy) is 1. The van der Waals surface area contributed by atoms with Crippen LogP contribution in [0.5, 0.6) is 0 Å². The number of aliphatic hydroxyl groups excluding tert-OH is 2. The Morgan fingerprint density at radius 2 is 2.04 bits per heavy atom. The molecule has 0 aromatic heterocycles. The van der Waals surface area contributed by atoms with Gasteiger partial charge in [0.1, 0.15) is 0 Å². The van der Waals surface area contributed by atoms with E-state index >= 15 is 0 Å². The van der Waals surface area contributed by atoms with Gasteiger partial charge in [-0.1, -0.05) is 44.8 Å². The third-order valence-electron chi connectivity index (χ3n) is 5.62. The summed E-state index contributed by atoms with van der Waals surface area (Å²) in [4.78, 5) is 10.6. The maximum absolute atomic E-state index is 10.6. The van der Waals surface area contributed by atoms with Gasteiger partial charge in [0.2, 0.25) is 0 Å². The molecule has 0 spiro atoms. The lowest BCUT2D eigenvalue weighted by molar-refractivity contribution is -0.137. The lowest BCUT2D eigenvalue weighted by Gasteiger charge is -2.18. The van der Waals surface area contributed by atoms with Crippen LogP contribution in [0.3, 0.4) is 0 Å². The highest BCUT2D eigenvalue weighted by molar-refractivity contribution is 5.66. The highest BCUT2D eigenvalue weighted by atomic mass is 16.5. The van der Waals surface area contributed by atoms with Gasteiger partial charge >= 0.3 is 5.97 Å². The number of rotatable bonds is 11. The molecule has 1 saturated carbocycles. The number of hydrogen-bond acceptors (Lipinski definition) is 4. The molecule has 0 bridgehead atoms. The van der Waals surface area contributed by atoms with Crippen molar-refractivity contribution >= 4 is 5.97 Å². The van der Waals surface area contributed by atoms with Gasteiger partial charge in [-0.25, -0.2) is 0 Å². The summed E-state index contributed by atoms with van der Waals surface area (Å²) in [6, 6.07) is 0. The number of fused-ring (bicyclic) bond motifs is 1. The van der Waals surface area contributed by atoms with Gasteiger partial charge in [-0.15, -0.1) is 0 Å². The highest BCUT2D eigenvalue weighted by Gasteiger charge is 2.47. The molecule has 1 saturated heterocycles. The largest absolute Gasteiger partial charge is 0.481 e. The number of aliphatic carboxylic acids is 1. The summed E-state index contributed by atoms with van der Waals surface area (Å²) in [7, 11) is 0. The fourth-order valence-corrected chi connectivity index (χ4v) is 4.24. The Hall–Kier alpha value is -0.910. The zero-order valence-corrected chi connectivity index (χ0v) is 15.3. The molecule has 0 aromatic carbocycles. The average molecular weight is 354 g/mol. The second-order valence-corrected chi connectivity index (χ2v) is 7.66. The van der Waals surface area contributed by atoms with E-state index in [1.54, 1.807) is 0 Å². The van der Waals surface area contributed by atoms with Gasteiger partial charge in [-0.3, -0.25) is 4.79 Å². The van der Waals surface area contributed by atoms with Crippen LogP contribution in [0.2, 0.25) is 0 Å². The maximum Gasteiger partial charge on any atom is 0.303 e. The van der Waals surface area contributed by atoms with Crippen molar-refractivity contribution in [2.45, 2.75) is 95.5 Å². The van der Waals surface area contributed by atoms with Crippen molar-refractivity contribution < 1.29 is 24.9 Å². The predicted octanol–water partition coefficient (Wildman–Crippen LogP) is 3.28. The van der Waals surface area contributed by atoms with Crippen molar-refractivity contribution in [3.63, 3.8) is 0 Å². The number of carboxylic acid groups (broad SMARTS) is 1. The van der Waals surface area contributed by atoms with Crippen LogP contribution in [-0.2, 0) is 9.53 Å². The number of carbonyl (C=O) groups is 1. The van der Waals surface area contributed by atoms with Crippen molar-refractivity contribution in [3.8, 4) is 0 Å². The molecule has 3 N–H and O–H groups in total. The second-order valence-electron chi connectivity index (χ2n) is 7.66. The normalized spacial score (nSPS) is 33.0. The topological polar surface area (TPSA) is 87.0 Å². The van der Waals surface area contributed by atoms with Crippen LogP contribution in [0.25, 0.3) is 0 Å². The Bertz CT molecular complexity index is 436. The summed E-state index contributed by atoms with van der Waals surface area (Å²) >= 11 is 0. The second kappa shape index (κ2) is 10.3. The van der Waals surface area contributed by atoms with Crippen LogP contribution in [0.15, 0.2) is 12.2 Å². The highest BCUT2D eigenvalue weighted by Crippen LogP contribution is 2.45. The van der Waals surface area contributed by atoms with Crippen molar-refractivity contribution in [1.82, 2.24) is 0 Å². The zero-order valence-electron chi connectivity index (χ0n) is 15.3. The lowest BCUT2D eigenvalue weighted by Crippen LogP contribution is -2.19. The first-order chi connectivity index (χ1) is 12.0. The molecule has 0 radical (unpaired) electrons. The van der Waals surface area contributed by atoms with Gasteiger partial charge in [0, 0.05) is 18.8 Å². The van der Waals surface area contributed by atoms with E-state index in [2.05, 4.69) is 6.92 Å². The molecule has 5 nitrogen and oxygen atoms in total. The van der Waals surface area contributed by atoms with Crippen molar-refractivity contribution in [1.29, 1.82) is 0 Å². The van der Waals surface area contributed by atoms with Crippen molar-refractivity contribution in [3.05, 3.63) is 12.2 Å². The van der Waals surface area contributed by atoms with E-state index in [9.17, 15) is 15.0 Å². The molecule has 144 valence electrons. The van der Waals surface area contributed by atoms with Gasteiger partial charge < -0.3 is 20.1 Å². The summed E-state index contributed by atoms with van der Waals surface area (Å²) < 4.78 is 6.08. The molecule has 6 atom stereocenters. The van der Waals surface area contributed by atoms with Gasteiger partial charge in [0.25, 0.3) is 0 Å². The van der Waals surface area contributed by atoms with E-state index in [0.717, 1.165) is 44.9 Å². The van der Waals surface area contributed by atoms with E-state index in [4.69, 9.17) is 9.84 Å². The molecule has 2 aliphatic rings. The van der Waals surface area contributed by atoms with Crippen molar-refractivity contribution in [2.24, 2.45) is 11.8 Å². The first-order valence-electron chi connectivity index (χ1n) is 9.93. The van der Waals surface area contributed by atoms with Gasteiger partial charge in [0.05, 0.1) is 24.4 Å². The Kier molecular flexibility index (Phi) is 8.40. The molecule has 1 aliphatic carbocycles. The number of unbranched alkanes of at least 4 members (excludes halogenated alkanes) is 3. The summed E-state index contributed by atoms with van der Waals surface area (Å²) in [6.45, 7) is 2.15. The van der Waals surface area contributed by atoms with Crippen LogP contribution >= 0.6 is 0 Å². The minimum Gasteiger partial charge on any atom is -0.481 e. The van der Waals surface area contributed by atoms with Crippen LogP contribution < -0.4 is 0 Å². The lowest BCUT2D eigenvalue weighted by atomic mass is 9.89. The van der Waals surface area contributed by atoms with Crippen molar-refractivity contribution in [2.75, 3.05) is 0 Å². The summed E-state index contributed by atoms with van der Waals surface area (Å²) in [6.07, 6.45) is 11.7. The van der Waals surface area contributed by atoms with Crippen LogP contribution in [0, 0.1) is 11.8 Å². The van der Waals surface area contributed by atoms with Crippen LogP contribution in [0.4, 0.5) is 0 Å². The minimum absolute atomic E-state index is 0.0647. The first kappa shape index (κ1) is 20.4. The average Bonchev–Trinajstić information content (AvgIpc) is 3.06. The number of aliphatic hydroxyl groups is 2. The molecule has 1 aliphatic heterocycles. The SMILES string of the molecule is CCCCC[C@H](O)/C=C\[C@@H]1[C@H]2C[C@H](CCCCC(=O)O)O[C@H]2C[C@H]1O.